The van der Waals surface area contributed by atoms with Crippen LogP contribution in [0.3, 0.4) is 0 Å². The van der Waals surface area contributed by atoms with Crippen molar-refractivity contribution in [3.05, 3.63) is 60.0 Å². The van der Waals surface area contributed by atoms with E-state index in [1.165, 1.54) is 10.1 Å². The van der Waals surface area contributed by atoms with Gasteiger partial charge in [-0.1, -0.05) is 18.2 Å². The second-order valence-corrected chi connectivity index (χ2v) is 7.41. The van der Waals surface area contributed by atoms with Gasteiger partial charge in [-0.2, -0.15) is 15.2 Å². The number of H-pyrrole nitrogens is 2. The number of amides is 1. The van der Waals surface area contributed by atoms with E-state index in [9.17, 15) is 4.79 Å². The number of nitrogens with one attached hydrogen (secondary N) is 3. The highest BCUT2D eigenvalue weighted by Crippen LogP contribution is 2.37. The topological polar surface area (TPSA) is 125 Å². The maximum Gasteiger partial charge on any atom is 0.251 e. The van der Waals surface area contributed by atoms with E-state index in [0.29, 0.717) is 11.4 Å². The van der Waals surface area contributed by atoms with Crippen LogP contribution >= 0.6 is 11.3 Å². The summed E-state index contributed by atoms with van der Waals surface area (Å²) >= 11 is 1.68. The first kappa shape index (κ1) is 16.5. The van der Waals surface area contributed by atoms with Crippen LogP contribution < -0.4 is 11.1 Å². The SMILES string of the molecule is Nc1nc(CNC(=O)c2cc(-c3cc4ccccc4s3)c3[nH]ncc3c2)n[nH]1. The number of rotatable bonds is 4. The lowest BCUT2D eigenvalue weighted by atomic mass is 10.0. The van der Waals surface area contributed by atoms with Crippen molar-refractivity contribution in [3.8, 4) is 10.4 Å². The molecular weight excluding hydrogens is 374 g/mol. The predicted octanol–water partition coefficient (Wildman–Crippen LogP) is 3.07. The molecule has 5 aromatic rings. The Kier molecular flexibility index (Phi) is 3.80. The zero-order valence-electron chi connectivity index (χ0n) is 14.6. The number of hydrogen-bond donors (Lipinski definition) is 4. The Labute approximate surface area is 162 Å². The summed E-state index contributed by atoms with van der Waals surface area (Å²) < 4.78 is 1.20. The summed E-state index contributed by atoms with van der Waals surface area (Å²) in [5.74, 6) is 0.435. The molecule has 9 heteroatoms. The number of nitrogens with zero attached hydrogens (tertiary/aromatic N) is 3. The van der Waals surface area contributed by atoms with Crippen LogP contribution in [0.5, 0.6) is 0 Å². The molecule has 0 aliphatic carbocycles. The van der Waals surface area contributed by atoms with Gasteiger partial charge in [0.05, 0.1) is 18.3 Å². The molecule has 1 amide bonds. The molecule has 0 aliphatic rings. The van der Waals surface area contributed by atoms with Crippen LogP contribution in [0.15, 0.2) is 48.7 Å². The minimum atomic E-state index is -0.214. The van der Waals surface area contributed by atoms with Gasteiger partial charge >= 0.3 is 0 Å². The van der Waals surface area contributed by atoms with E-state index < -0.39 is 0 Å². The number of nitrogen functional groups attached to an aromatic ring is 1. The van der Waals surface area contributed by atoms with Crippen molar-refractivity contribution in [1.82, 2.24) is 30.7 Å². The van der Waals surface area contributed by atoms with Gasteiger partial charge in [0, 0.05) is 26.1 Å². The highest BCUT2D eigenvalue weighted by Gasteiger charge is 2.15. The van der Waals surface area contributed by atoms with Gasteiger partial charge < -0.3 is 11.1 Å². The van der Waals surface area contributed by atoms with Crippen molar-refractivity contribution < 1.29 is 4.79 Å². The highest BCUT2D eigenvalue weighted by atomic mass is 32.1. The van der Waals surface area contributed by atoms with Gasteiger partial charge in [-0.3, -0.25) is 9.89 Å². The lowest BCUT2D eigenvalue weighted by Crippen LogP contribution is -2.23. The molecule has 0 spiro atoms. The molecular formula is C19H15N7OS. The molecule has 0 radical (unpaired) electrons. The predicted molar refractivity (Wildman–Crippen MR) is 109 cm³/mol. The zero-order chi connectivity index (χ0) is 19.1. The molecule has 0 unspecified atom stereocenters. The van der Waals surface area contributed by atoms with Crippen LogP contribution in [-0.4, -0.2) is 31.3 Å². The molecule has 138 valence electrons. The monoisotopic (exact) mass is 389 g/mol. The van der Waals surface area contributed by atoms with Gasteiger partial charge in [-0.15, -0.1) is 11.3 Å². The number of thiophene rings is 1. The van der Waals surface area contributed by atoms with E-state index in [2.05, 4.69) is 48.9 Å². The maximum absolute atomic E-state index is 12.7. The van der Waals surface area contributed by atoms with E-state index in [1.807, 2.05) is 24.3 Å². The molecule has 0 saturated carbocycles. The molecule has 8 nitrogen and oxygen atoms in total. The summed E-state index contributed by atoms with van der Waals surface area (Å²) in [6, 6.07) is 14.0. The number of anilines is 1. The highest BCUT2D eigenvalue weighted by molar-refractivity contribution is 7.22. The Hall–Kier alpha value is -3.72. The zero-order valence-corrected chi connectivity index (χ0v) is 15.4. The second kappa shape index (κ2) is 6.46. The van der Waals surface area contributed by atoms with Crippen molar-refractivity contribution in [1.29, 1.82) is 0 Å². The lowest BCUT2D eigenvalue weighted by Gasteiger charge is -2.06. The number of carbonyl (C=O) groups excluding carboxylic acids is 1. The third kappa shape index (κ3) is 2.87. The molecule has 3 aromatic heterocycles. The van der Waals surface area contributed by atoms with Crippen molar-refractivity contribution in [3.63, 3.8) is 0 Å². The largest absolute Gasteiger partial charge is 0.368 e. The molecule has 2 aromatic carbocycles. The number of aromatic amines is 2. The summed E-state index contributed by atoms with van der Waals surface area (Å²) in [4.78, 5) is 17.8. The van der Waals surface area contributed by atoms with Gasteiger partial charge in [0.1, 0.15) is 0 Å². The van der Waals surface area contributed by atoms with Crippen molar-refractivity contribution >= 4 is 44.2 Å². The number of fused-ring (bicyclic) bond motifs is 2. The Morgan fingerprint density at radius 2 is 2.04 bits per heavy atom. The Balaban J connectivity index is 1.52. The maximum atomic E-state index is 12.7. The average molecular weight is 389 g/mol. The first-order chi connectivity index (χ1) is 13.7. The van der Waals surface area contributed by atoms with Gasteiger partial charge in [0.25, 0.3) is 5.91 Å². The van der Waals surface area contributed by atoms with Crippen LogP contribution in [0.4, 0.5) is 5.95 Å². The molecule has 28 heavy (non-hydrogen) atoms. The smallest absolute Gasteiger partial charge is 0.251 e. The number of nitrogens with two attached hydrogens (primary N) is 1. The third-order valence-electron chi connectivity index (χ3n) is 4.46. The third-order valence-corrected chi connectivity index (χ3v) is 5.61. The number of benzene rings is 2. The lowest BCUT2D eigenvalue weighted by molar-refractivity contribution is 0.0950. The van der Waals surface area contributed by atoms with Gasteiger partial charge in [-0.05, 0) is 29.7 Å². The summed E-state index contributed by atoms with van der Waals surface area (Å²) in [6.07, 6.45) is 1.72. The molecule has 3 heterocycles. The molecule has 0 atom stereocenters. The molecule has 0 fully saturated rings. The summed E-state index contributed by atoms with van der Waals surface area (Å²) in [5, 5.41) is 18.5. The molecule has 0 aliphatic heterocycles. The standard InChI is InChI=1S/C19H15N7OS/c20-19-23-16(24-26-19)9-21-18(27)11-5-12-8-22-25-17(12)13(6-11)15-7-10-3-1-2-4-14(10)28-15/h1-8H,9H2,(H,21,27)(H,22,25)(H3,20,23,24,26). The molecule has 0 saturated heterocycles. The molecule has 5 N–H and O–H groups in total. The fraction of sp³-hybridized carbons (Fsp3) is 0.0526. The Morgan fingerprint density at radius 3 is 2.86 bits per heavy atom. The normalized spacial score (nSPS) is 11.3. The summed E-state index contributed by atoms with van der Waals surface area (Å²) in [7, 11) is 0. The first-order valence-corrected chi connectivity index (χ1v) is 9.40. The summed E-state index contributed by atoms with van der Waals surface area (Å²) in [5.41, 5.74) is 7.91. The van der Waals surface area contributed by atoms with Crippen LogP contribution in [-0.2, 0) is 6.54 Å². The van der Waals surface area contributed by atoms with Crippen molar-refractivity contribution in [2.45, 2.75) is 6.54 Å². The van der Waals surface area contributed by atoms with Crippen molar-refractivity contribution in [2.24, 2.45) is 0 Å². The van der Waals surface area contributed by atoms with Gasteiger partial charge in [0.2, 0.25) is 5.95 Å². The van der Waals surface area contributed by atoms with E-state index in [4.69, 9.17) is 5.73 Å². The van der Waals surface area contributed by atoms with Crippen LogP contribution in [0.25, 0.3) is 31.4 Å². The average Bonchev–Trinajstić information content (AvgIpc) is 3.43. The Morgan fingerprint density at radius 1 is 1.14 bits per heavy atom. The number of carbonyl (C=O) groups is 1. The van der Waals surface area contributed by atoms with Crippen molar-refractivity contribution in [2.75, 3.05) is 5.73 Å². The number of hydrogen-bond acceptors (Lipinski definition) is 6. The fourth-order valence-corrected chi connectivity index (χ4v) is 4.23. The van der Waals surface area contributed by atoms with E-state index >= 15 is 0 Å². The molecule has 0 bridgehead atoms. The summed E-state index contributed by atoms with van der Waals surface area (Å²) in [6.45, 7) is 0.189. The second-order valence-electron chi connectivity index (χ2n) is 6.33. The van der Waals surface area contributed by atoms with E-state index in [1.54, 1.807) is 17.5 Å². The van der Waals surface area contributed by atoms with Crippen LogP contribution in [0, 0.1) is 0 Å². The van der Waals surface area contributed by atoms with Crippen LogP contribution in [0.2, 0.25) is 0 Å². The quantitative estimate of drug-likeness (QED) is 0.376. The number of aromatic nitrogens is 5. The van der Waals surface area contributed by atoms with Crippen LogP contribution in [0.1, 0.15) is 16.2 Å². The first-order valence-electron chi connectivity index (χ1n) is 8.58. The fourth-order valence-electron chi connectivity index (χ4n) is 3.15. The Bertz CT molecular complexity index is 1280. The van der Waals surface area contributed by atoms with E-state index in [-0.39, 0.29) is 18.4 Å². The van der Waals surface area contributed by atoms with Gasteiger partial charge in [-0.25, -0.2) is 5.10 Å². The minimum Gasteiger partial charge on any atom is -0.368 e. The van der Waals surface area contributed by atoms with Gasteiger partial charge in [0.15, 0.2) is 5.82 Å². The van der Waals surface area contributed by atoms with E-state index in [0.717, 1.165) is 21.3 Å². The minimum absolute atomic E-state index is 0.189. The molecule has 5 rings (SSSR count).